The number of aromatic nitrogens is 2. The SMILES string of the molecule is N#Cc1csc(C(=O)N2C[C@@H](n3cccn3)Cc3ccccc32)c1. The third kappa shape index (κ3) is 2.49. The predicted octanol–water partition coefficient (Wildman–Crippen LogP) is 3.26. The van der Waals surface area contributed by atoms with Crippen molar-refractivity contribution in [2.24, 2.45) is 0 Å². The van der Waals surface area contributed by atoms with Crippen LogP contribution in [0.3, 0.4) is 0 Å². The maximum Gasteiger partial charge on any atom is 0.268 e. The van der Waals surface area contributed by atoms with E-state index in [4.69, 9.17) is 5.26 Å². The predicted molar refractivity (Wildman–Crippen MR) is 92.1 cm³/mol. The van der Waals surface area contributed by atoms with Gasteiger partial charge in [0.1, 0.15) is 6.07 Å². The van der Waals surface area contributed by atoms with E-state index < -0.39 is 0 Å². The summed E-state index contributed by atoms with van der Waals surface area (Å²) in [4.78, 5) is 15.4. The average molecular weight is 334 g/mol. The van der Waals surface area contributed by atoms with Crippen molar-refractivity contribution in [3.05, 3.63) is 70.2 Å². The van der Waals surface area contributed by atoms with E-state index in [1.807, 2.05) is 35.1 Å². The van der Waals surface area contributed by atoms with Crippen LogP contribution in [0.2, 0.25) is 0 Å². The number of benzene rings is 1. The van der Waals surface area contributed by atoms with Gasteiger partial charge in [0.15, 0.2) is 0 Å². The van der Waals surface area contributed by atoms with Gasteiger partial charge in [-0.1, -0.05) is 18.2 Å². The van der Waals surface area contributed by atoms with Gasteiger partial charge < -0.3 is 4.90 Å². The normalized spacial score (nSPS) is 16.5. The molecule has 0 saturated carbocycles. The summed E-state index contributed by atoms with van der Waals surface area (Å²) < 4.78 is 1.91. The van der Waals surface area contributed by atoms with Crippen molar-refractivity contribution in [3.8, 4) is 6.07 Å². The molecule has 1 aromatic carbocycles. The Balaban J connectivity index is 1.72. The molecule has 0 unspecified atom stereocenters. The van der Waals surface area contributed by atoms with Crippen LogP contribution in [0, 0.1) is 11.3 Å². The van der Waals surface area contributed by atoms with Crippen LogP contribution in [0.1, 0.15) is 26.8 Å². The molecule has 0 radical (unpaired) electrons. The fourth-order valence-electron chi connectivity index (χ4n) is 3.08. The molecule has 1 atom stereocenters. The standard InChI is InChI=1S/C18H14N4OS/c19-10-13-8-17(24-12-13)18(23)21-11-15(22-7-3-6-20-22)9-14-4-1-2-5-16(14)21/h1-8,12,15H,9,11H2/t15-/m0/s1. The van der Waals surface area contributed by atoms with Crippen molar-refractivity contribution < 1.29 is 4.79 Å². The van der Waals surface area contributed by atoms with Crippen LogP contribution in [-0.2, 0) is 6.42 Å². The lowest BCUT2D eigenvalue weighted by Gasteiger charge is -2.34. The quantitative estimate of drug-likeness (QED) is 0.722. The number of hydrogen-bond acceptors (Lipinski definition) is 4. The van der Waals surface area contributed by atoms with Gasteiger partial charge >= 0.3 is 0 Å². The maximum absolute atomic E-state index is 13.0. The number of nitriles is 1. The van der Waals surface area contributed by atoms with E-state index in [9.17, 15) is 4.79 Å². The van der Waals surface area contributed by atoms with E-state index >= 15 is 0 Å². The molecule has 1 aliphatic heterocycles. The van der Waals surface area contributed by atoms with Crippen LogP contribution < -0.4 is 4.90 Å². The first-order chi connectivity index (χ1) is 11.8. The molecule has 6 heteroatoms. The Hall–Kier alpha value is -2.91. The van der Waals surface area contributed by atoms with E-state index in [0.717, 1.165) is 17.7 Å². The highest BCUT2D eigenvalue weighted by Crippen LogP contribution is 2.33. The summed E-state index contributed by atoms with van der Waals surface area (Å²) >= 11 is 1.31. The smallest absolute Gasteiger partial charge is 0.268 e. The molecule has 0 aliphatic carbocycles. The summed E-state index contributed by atoms with van der Waals surface area (Å²) in [6.45, 7) is 0.567. The average Bonchev–Trinajstić information content (AvgIpc) is 3.31. The third-order valence-corrected chi connectivity index (χ3v) is 5.13. The molecular weight excluding hydrogens is 320 g/mol. The van der Waals surface area contributed by atoms with Crippen LogP contribution in [0.4, 0.5) is 5.69 Å². The second kappa shape index (κ2) is 5.95. The van der Waals surface area contributed by atoms with Crippen molar-refractivity contribution in [1.82, 2.24) is 9.78 Å². The van der Waals surface area contributed by atoms with Crippen molar-refractivity contribution in [2.75, 3.05) is 11.4 Å². The summed E-state index contributed by atoms with van der Waals surface area (Å²) in [5.74, 6) is -0.0641. The molecule has 0 spiro atoms. The van der Waals surface area contributed by atoms with Crippen molar-refractivity contribution in [2.45, 2.75) is 12.5 Å². The van der Waals surface area contributed by atoms with Gasteiger partial charge in [0.05, 0.1) is 16.5 Å². The molecule has 0 fully saturated rings. The van der Waals surface area contributed by atoms with E-state index in [1.165, 1.54) is 11.3 Å². The number of rotatable bonds is 2. The monoisotopic (exact) mass is 334 g/mol. The Morgan fingerprint density at radius 1 is 1.33 bits per heavy atom. The van der Waals surface area contributed by atoms with Gasteiger partial charge in [0.25, 0.3) is 5.91 Å². The highest BCUT2D eigenvalue weighted by atomic mass is 32.1. The van der Waals surface area contributed by atoms with Crippen LogP contribution in [0.25, 0.3) is 0 Å². The highest BCUT2D eigenvalue weighted by molar-refractivity contribution is 7.12. The molecule has 4 rings (SSSR count). The Bertz CT molecular complexity index is 923. The lowest BCUT2D eigenvalue weighted by molar-refractivity contribution is 0.0984. The lowest BCUT2D eigenvalue weighted by atomic mass is 9.97. The molecule has 5 nitrogen and oxygen atoms in total. The molecule has 3 aromatic rings. The minimum Gasteiger partial charge on any atom is -0.305 e. The van der Waals surface area contributed by atoms with Crippen LogP contribution in [-0.4, -0.2) is 22.2 Å². The number of carbonyl (C=O) groups is 1. The van der Waals surface area contributed by atoms with Crippen molar-refractivity contribution in [1.29, 1.82) is 5.26 Å². The van der Waals surface area contributed by atoms with Gasteiger partial charge in [-0.2, -0.15) is 10.4 Å². The van der Waals surface area contributed by atoms with Gasteiger partial charge in [-0.15, -0.1) is 11.3 Å². The number of fused-ring (bicyclic) bond motifs is 1. The minimum atomic E-state index is -0.0641. The van der Waals surface area contributed by atoms with Gasteiger partial charge in [-0.3, -0.25) is 9.48 Å². The zero-order valence-electron chi connectivity index (χ0n) is 12.8. The fourth-order valence-corrected chi connectivity index (χ4v) is 3.86. The van der Waals surface area contributed by atoms with Crippen LogP contribution in [0.5, 0.6) is 0 Å². The van der Waals surface area contributed by atoms with E-state index in [2.05, 4.69) is 17.2 Å². The number of amides is 1. The first-order valence-electron chi connectivity index (χ1n) is 7.64. The number of para-hydroxylation sites is 1. The minimum absolute atomic E-state index is 0.0641. The zero-order chi connectivity index (χ0) is 16.5. The Morgan fingerprint density at radius 2 is 2.21 bits per heavy atom. The zero-order valence-corrected chi connectivity index (χ0v) is 13.6. The Kier molecular flexibility index (Phi) is 3.63. The van der Waals surface area contributed by atoms with Gasteiger partial charge in [-0.25, -0.2) is 0 Å². The van der Waals surface area contributed by atoms with E-state index in [0.29, 0.717) is 17.0 Å². The molecular formula is C18H14N4OS. The summed E-state index contributed by atoms with van der Waals surface area (Å²) in [6.07, 6.45) is 4.53. The number of anilines is 1. The molecule has 2 aromatic heterocycles. The van der Waals surface area contributed by atoms with E-state index in [-0.39, 0.29) is 11.9 Å². The second-order valence-electron chi connectivity index (χ2n) is 5.70. The first kappa shape index (κ1) is 14.7. The number of nitrogens with zero attached hydrogens (tertiary/aromatic N) is 4. The molecule has 1 amide bonds. The van der Waals surface area contributed by atoms with Gasteiger partial charge in [0, 0.05) is 30.0 Å². The summed E-state index contributed by atoms with van der Waals surface area (Å²) in [5.41, 5.74) is 2.60. The van der Waals surface area contributed by atoms with Crippen molar-refractivity contribution in [3.63, 3.8) is 0 Å². The summed E-state index contributed by atoms with van der Waals surface area (Å²) in [7, 11) is 0. The molecule has 24 heavy (non-hydrogen) atoms. The van der Waals surface area contributed by atoms with Gasteiger partial charge in [0.2, 0.25) is 0 Å². The Morgan fingerprint density at radius 3 is 2.96 bits per heavy atom. The summed E-state index contributed by atoms with van der Waals surface area (Å²) in [5, 5.41) is 15.0. The molecule has 1 aliphatic rings. The second-order valence-corrected chi connectivity index (χ2v) is 6.61. The maximum atomic E-state index is 13.0. The fraction of sp³-hybridized carbons (Fsp3) is 0.167. The highest BCUT2D eigenvalue weighted by Gasteiger charge is 2.30. The van der Waals surface area contributed by atoms with Gasteiger partial charge in [-0.05, 0) is 30.2 Å². The largest absolute Gasteiger partial charge is 0.305 e. The first-order valence-corrected chi connectivity index (χ1v) is 8.52. The topological polar surface area (TPSA) is 61.9 Å². The number of hydrogen-bond donors (Lipinski definition) is 0. The molecule has 118 valence electrons. The number of carbonyl (C=O) groups excluding carboxylic acids is 1. The third-order valence-electron chi connectivity index (χ3n) is 4.21. The molecule has 3 heterocycles. The van der Waals surface area contributed by atoms with Crippen molar-refractivity contribution >= 4 is 22.9 Å². The molecule has 0 saturated heterocycles. The Labute approximate surface area is 143 Å². The molecule has 0 N–H and O–H groups in total. The summed E-state index contributed by atoms with van der Waals surface area (Å²) in [6, 6.07) is 13.7. The van der Waals surface area contributed by atoms with E-state index in [1.54, 1.807) is 22.5 Å². The van der Waals surface area contributed by atoms with Crippen LogP contribution >= 0.6 is 11.3 Å². The van der Waals surface area contributed by atoms with Crippen LogP contribution in [0.15, 0.2) is 54.2 Å². The number of thiophene rings is 1. The molecule has 0 bridgehead atoms. The lowest BCUT2D eigenvalue weighted by Crippen LogP contribution is -2.40.